The zero-order valence-corrected chi connectivity index (χ0v) is 11.7. The van der Waals surface area contributed by atoms with Crippen LogP contribution in [0.25, 0.3) is 0 Å². The van der Waals surface area contributed by atoms with E-state index in [0.29, 0.717) is 18.8 Å². The van der Waals surface area contributed by atoms with Crippen molar-refractivity contribution in [3.8, 4) is 0 Å². The molecule has 96 valence electrons. The summed E-state index contributed by atoms with van der Waals surface area (Å²) in [6.45, 7) is 2.68. The van der Waals surface area contributed by atoms with Crippen LogP contribution in [-0.2, 0) is 9.59 Å². The number of aryl methyl sites for hydroxylation is 1. The Morgan fingerprint density at radius 1 is 1.61 bits per heavy atom. The Labute approximate surface area is 114 Å². The normalized spacial score (nSPS) is 15.0. The number of hydrogen-bond acceptors (Lipinski definition) is 3. The molecule has 1 N–H and O–H groups in total. The Bertz CT molecular complexity index is 490. The number of amides is 2. The van der Waals surface area contributed by atoms with Crippen LogP contribution in [0, 0.1) is 6.92 Å². The van der Waals surface area contributed by atoms with Crippen LogP contribution in [0.15, 0.2) is 16.7 Å². The molecule has 2 heterocycles. The number of aromatic nitrogens is 1. The third kappa shape index (κ3) is 3.07. The first-order valence-electron chi connectivity index (χ1n) is 5.76. The number of halogens is 1. The number of hydrogen-bond donors (Lipinski definition) is 1. The number of nitrogens with one attached hydrogen (secondary N) is 1. The van der Waals surface area contributed by atoms with Crippen LogP contribution < -0.4 is 5.32 Å². The summed E-state index contributed by atoms with van der Waals surface area (Å²) in [4.78, 5) is 28.9. The van der Waals surface area contributed by atoms with E-state index in [2.05, 4.69) is 26.2 Å². The molecular formula is C12H14BrN3O2. The van der Waals surface area contributed by atoms with Crippen LogP contribution in [0.5, 0.6) is 0 Å². The number of carbonyl (C=O) groups is 2. The molecule has 2 amide bonds. The summed E-state index contributed by atoms with van der Waals surface area (Å²) in [6.07, 6.45) is 3.06. The van der Waals surface area contributed by atoms with Crippen molar-refractivity contribution in [2.45, 2.75) is 19.8 Å². The summed E-state index contributed by atoms with van der Waals surface area (Å²) in [5.74, 6) is 0.306. The summed E-state index contributed by atoms with van der Waals surface area (Å²) in [6, 6.07) is 1.88. The summed E-state index contributed by atoms with van der Waals surface area (Å²) in [7, 11) is 0. The van der Waals surface area contributed by atoms with Gasteiger partial charge in [-0.25, -0.2) is 4.98 Å². The zero-order valence-electron chi connectivity index (χ0n) is 10.1. The maximum absolute atomic E-state index is 11.8. The summed E-state index contributed by atoms with van der Waals surface area (Å²) < 4.78 is 0.739. The molecule has 0 bridgehead atoms. The van der Waals surface area contributed by atoms with E-state index in [9.17, 15) is 9.59 Å². The topological polar surface area (TPSA) is 62.3 Å². The fourth-order valence-electron chi connectivity index (χ4n) is 1.84. The second kappa shape index (κ2) is 5.48. The number of carbonyl (C=O) groups excluding carboxylic acids is 2. The second-order valence-corrected chi connectivity index (χ2v) is 5.16. The molecule has 0 aromatic carbocycles. The van der Waals surface area contributed by atoms with E-state index in [0.717, 1.165) is 16.5 Å². The fraction of sp³-hybridized carbons (Fsp3) is 0.417. The first kappa shape index (κ1) is 13.0. The minimum atomic E-state index is -0.220. The van der Waals surface area contributed by atoms with Gasteiger partial charge in [-0.15, -0.1) is 0 Å². The van der Waals surface area contributed by atoms with Crippen molar-refractivity contribution in [2.24, 2.45) is 0 Å². The molecule has 2 rings (SSSR count). The Hall–Kier alpha value is -1.43. The molecule has 0 atom stereocenters. The Kier molecular flexibility index (Phi) is 3.96. The molecule has 1 fully saturated rings. The molecule has 5 nitrogen and oxygen atoms in total. The fourth-order valence-corrected chi connectivity index (χ4v) is 2.40. The van der Waals surface area contributed by atoms with Crippen LogP contribution in [0.1, 0.15) is 18.4 Å². The molecule has 0 spiro atoms. The third-order valence-corrected chi connectivity index (χ3v) is 3.35. The predicted octanol–water partition coefficient (Wildman–Crippen LogP) is 1.71. The van der Waals surface area contributed by atoms with E-state index < -0.39 is 0 Å². The van der Waals surface area contributed by atoms with Crippen molar-refractivity contribution < 1.29 is 9.59 Å². The maximum atomic E-state index is 11.8. The van der Waals surface area contributed by atoms with E-state index in [-0.39, 0.29) is 18.4 Å². The minimum absolute atomic E-state index is 0.0427. The summed E-state index contributed by atoms with van der Waals surface area (Å²) >= 11 is 3.34. The van der Waals surface area contributed by atoms with E-state index >= 15 is 0 Å². The molecule has 6 heteroatoms. The molecule has 0 unspecified atom stereocenters. The van der Waals surface area contributed by atoms with Gasteiger partial charge in [0, 0.05) is 19.2 Å². The molecule has 1 aromatic heterocycles. The van der Waals surface area contributed by atoms with Gasteiger partial charge >= 0.3 is 0 Å². The van der Waals surface area contributed by atoms with E-state index in [4.69, 9.17) is 0 Å². The van der Waals surface area contributed by atoms with Gasteiger partial charge in [0.2, 0.25) is 11.8 Å². The molecule has 18 heavy (non-hydrogen) atoms. The van der Waals surface area contributed by atoms with Crippen LogP contribution in [0.2, 0.25) is 0 Å². The van der Waals surface area contributed by atoms with Crippen LogP contribution in [0.3, 0.4) is 0 Å². The number of anilines is 1. The van der Waals surface area contributed by atoms with Crippen molar-refractivity contribution in [1.29, 1.82) is 0 Å². The molecule has 1 aliphatic rings. The van der Waals surface area contributed by atoms with E-state index in [1.54, 1.807) is 11.1 Å². The molecule has 0 radical (unpaired) electrons. The molecule has 1 saturated heterocycles. The van der Waals surface area contributed by atoms with Crippen molar-refractivity contribution in [3.63, 3.8) is 0 Å². The SMILES string of the molecule is Cc1cnc(NC(=O)CN2CCCC2=O)c(Br)c1. The molecule has 1 aromatic rings. The lowest BCUT2D eigenvalue weighted by Crippen LogP contribution is -2.34. The van der Waals surface area contributed by atoms with Gasteiger partial charge in [-0.05, 0) is 40.9 Å². The zero-order chi connectivity index (χ0) is 13.1. The predicted molar refractivity (Wildman–Crippen MR) is 71.1 cm³/mol. The van der Waals surface area contributed by atoms with Crippen molar-refractivity contribution in [3.05, 3.63) is 22.3 Å². The van der Waals surface area contributed by atoms with Crippen molar-refractivity contribution in [2.75, 3.05) is 18.4 Å². The van der Waals surface area contributed by atoms with Crippen LogP contribution >= 0.6 is 15.9 Å². The first-order valence-corrected chi connectivity index (χ1v) is 6.55. The lowest BCUT2D eigenvalue weighted by atomic mass is 10.3. The monoisotopic (exact) mass is 311 g/mol. The standard InChI is InChI=1S/C12H14BrN3O2/c1-8-5-9(13)12(14-6-8)15-10(17)7-16-4-2-3-11(16)18/h5-6H,2-4,7H2,1H3,(H,14,15,17). The van der Waals surface area contributed by atoms with E-state index in [1.807, 2.05) is 13.0 Å². The minimum Gasteiger partial charge on any atom is -0.333 e. The van der Waals surface area contributed by atoms with Crippen LogP contribution in [-0.4, -0.2) is 34.8 Å². The molecule has 0 saturated carbocycles. The highest BCUT2D eigenvalue weighted by atomic mass is 79.9. The van der Waals surface area contributed by atoms with Gasteiger partial charge in [0.25, 0.3) is 0 Å². The van der Waals surface area contributed by atoms with Gasteiger partial charge in [0.05, 0.1) is 11.0 Å². The number of pyridine rings is 1. The maximum Gasteiger partial charge on any atom is 0.245 e. The highest BCUT2D eigenvalue weighted by Crippen LogP contribution is 2.20. The Balaban J connectivity index is 1.96. The van der Waals surface area contributed by atoms with Gasteiger partial charge in [-0.3, -0.25) is 9.59 Å². The third-order valence-electron chi connectivity index (χ3n) is 2.74. The van der Waals surface area contributed by atoms with Gasteiger partial charge in [0.15, 0.2) is 0 Å². The molecule has 0 aliphatic carbocycles. The largest absolute Gasteiger partial charge is 0.333 e. The highest BCUT2D eigenvalue weighted by molar-refractivity contribution is 9.10. The lowest BCUT2D eigenvalue weighted by molar-refractivity contribution is -0.131. The average molecular weight is 312 g/mol. The van der Waals surface area contributed by atoms with Gasteiger partial charge in [0.1, 0.15) is 5.82 Å². The van der Waals surface area contributed by atoms with Gasteiger partial charge in [-0.2, -0.15) is 0 Å². The molecule has 1 aliphatic heterocycles. The van der Waals surface area contributed by atoms with Crippen molar-refractivity contribution in [1.82, 2.24) is 9.88 Å². The summed E-state index contributed by atoms with van der Waals surface area (Å²) in [5, 5.41) is 2.69. The number of nitrogens with zero attached hydrogens (tertiary/aromatic N) is 2. The van der Waals surface area contributed by atoms with Gasteiger partial charge < -0.3 is 10.2 Å². The lowest BCUT2D eigenvalue weighted by Gasteiger charge is -2.15. The quantitative estimate of drug-likeness (QED) is 0.924. The van der Waals surface area contributed by atoms with Crippen LogP contribution in [0.4, 0.5) is 5.82 Å². The van der Waals surface area contributed by atoms with Crippen molar-refractivity contribution >= 4 is 33.6 Å². The van der Waals surface area contributed by atoms with E-state index in [1.165, 1.54) is 0 Å². The second-order valence-electron chi connectivity index (χ2n) is 4.31. The highest BCUT2D eigenvalue weighted by Gasteiger charge is 2.22. The Morgan fingerprint density at radius 2 is 2.39 bits per heavy atom. The molecular weight excluding hydrogens is 298 g/mol. The Morgan fingerprint density at radius 3 is 3.00 bits per heavy atom. The smallest absolute Gasteiger partial charge is 0.245 e. The number of likely N-dealkylation sites (tertiary alicyclic amines) is 1. The number of rotatable bonds is 3. The average Bonchev–Trinajstić information content (AvgIpc) is 2.69. The van der Waals surface area contributed by atoms with Gasteiger partial charge in [-0.1, -0.05) is 0 Å². The first-order chi connectivity index (χ1) is 8.56. The summed E-state index contributed by atoms with van der Waals surface area (Å²) in [5.41, 5.74) is 1.01.